The Morgan fingerprint density at radius 2 is 0.678 bits per heavy atom. The fourth-order valence-corrected chi connectivity index (χ4v) is 14.2. The average Bonchev–Trinajstić information content (AvgIpc) is 1.67. The summed E-state index contributed by atoms with van der Waals surface area (Å²) in [4.78, 5) is 106. The number of amides is 7. The minimum Gasteiger partial charge on any atom is -0.396 e. The summed E-state index contributed by atoms with van der Waals surface area (Å²) < 4.78 is 52.6. The smallest absolute Gasteiger partial charge is 0.222 e. The van der Waals surface area contributed by atoms with Gasteiger partial charge >= 0.3 is 0 Å². The van der Waals surface area contributed by atoms with Gasteiger partial charge in [0.15, 0.2) is 18.9 Å². The minimum atomic E-state index is -1.23. The van der Waals surface area contributed by atoms with Gasteiger partial charge in [-0.15, -0.1) is 0 Å². The van der Waals surface area contributed by atoms with Crippen LogP contribution in [0.25, 0.3) is 0 Å². The number of ether oxygens (including phenoxy) is 9. The van der Waals surface area contributed by atoms with Crippen molar-refractivity contribution < 1.29 is 137 Å². The lowest BCUT2D eigenvalue weighted by Gasteiger charge is -2.40. The Morgan fingerprint density at radius 1 is 0.365 bits per heavy atom. The van der Waals surface area contributed by atoms with Crippen molar-refractivity contribution in [3.63, 3.8) is 0 Å². The van der Waals surface area contributed by atoms with E-state index < -0.39 is 123 Å². The standard InChI is InChI=1S/C80H145N7O28/c1-55-71(101)74(104)61(49-89)113-77(55)110-40-18-14-26-64(94)81-33-21-36-84-67(97)30-43-107-52-80(47-59(92)25-12-8-6-4-5-7-9-13-29-70(100)87-48-60(93)46-58(87)24-11-10-17-39-88,53-108-44-31-68(98)85-37-22-34-82-65(95)27-15-19-41-111-78-56(2)72(102)75(105)62(50-90)114-78)54-109-45-32-69(99)86-38-23-35-83-66(96)28-16-20-42-112-79-57(3)73(103)76(106)63(51-91)115-79/h55-58,60-63,71-79,88-91,93,101-106H,4-54H2,1-3H3,(H,81,94)(H,82,95)(H,83,96)(H,84,97)(H,85,98)(H,86,99)/t55?,56?,57?,58?,60-,61?,62?,63?,71?,72?,73?,74?,75?,76?,77?,78?,79?,80?/m1/s1. The van der Waals surface area contributed by atoms with Crippen LogP contribution in [0.15, 0.2) is 0 Å². The van der Waals surface area contributed by atoms with Crippen molar-refractivity contribution in [3.05, 3.63) is 0 Å². The summed E-state index contributed by atoms with van der Waals surface area (Å²) in [6.45, 7) is 6.03. The molecule has 4 heterocycles. The lowest BCUT2D eigenvalue weighted by Crippen LogP contribution is -2.55. The Hall–Kier alpha value is -4.84. The summed E-state index contributed by atoms with van der Waals surface area (Å²) in [6.07, 6.45) is 3.37. The molecule has 35 heteroatoms. The molecule has 4 aliphatic rings. The molecule has 35 nitrogen and oxygen atoms in total. The zero-order valence-electron chi connectivity index (χ0n) is 68.7. The van der Waals surface area contributed by atoms with Gasteiger partial charge in [-0.05, 0) is 89.9 Å². The average molecular weight is 1650 g/mol. The van der Waals surface area contributed by atoms with E-state index in [0.29, 0.717) is 103 Å². The highest BCUT2D eigenvalue weighted by atomic mass is 16.7. The monoisotopic (exact) mass is 1650 g/mol. The molecular weight excluding hydrogens is 1510 g/mol. The number of aliphatic hydroxyl groups excluding tert-OH is 11. The van der Waals surface area contributed by atoms with E-state index in [1.807, 2.05) is 4.90 Å². The van der Waals surface area contributed by atoms with Crippen molar-refractivity contribution in [1.82, 2.24) is 36.8 Å². The molecule has 0 aromatic carbocycles. The minimum absolute atomic E-state index is 0.0368. The van der Waals surface area contributed by atoms with Crippen molar-refractivity contribution in [3.8, 4) is 0 Å². The SMILES string of the molecule is CC1C(OCCCCC(=O)NCCCNC(=O)CCOCC(COCCC(=O)NCCCNC(=O)CCCCOC2OC(CO)C(O)C(O)C2C)(COCCC(=O)NCCCNC(=O)CCCCOC2OC(CO)C(O)C(O)C2C)CC(=O)CCCCCCCCCCC(=O)N2C[C@H](O)CC2CCCCCO)OC(CO)C(O)C1O. The van der Waals surface area contributed by atoms with Gasteiger partial charge in [0.25, 0.3) is 0 Å². The van der Waals surface area contributed by atoms with Gasteiger partial charge < -0.3 is 136 Å². The van der Waals surface area contributed by atoms with Gasteiger partial charge in [0.2, 0.25) is 41.4 Å². The quantitative estimate of drug-likeness (QED) is 0.0362. The van der Waals surface area contributed by atoms with Gasteiger partial charge in [-0.1, -0.05) is 72.1 Å². The van der Waals surface area contributed by atoms with Crippen LogP contribution in [0.3, 0.4) is 0 Å². The van der Waals surface area contributed by atoms with E-state index in [1.54, 1.807) is 20.8 Å². The molecule has 16 unspecified atom stereocenters. The van der Waals surface area contributed by atoms with E-state index in [0.717, 1.165) is 70.6 Å². The van der Waals surface area contributed by atoms with Gasteiger partial charge in [-0.25, -0.2) is 0 Å². The molecule has 0 spiro atoms. The van der Waals surface area contributed by atoms with Crippen LogP contribution in [0.4, 0.5) is 0 Å². The van der Waals surface area contributed by atoms with Gasteiger partial charge in [0.1, 0.15) is 42.4 Å². The number of nitrogens with one attached hydrogen (secondary N) is 6. The van der Waals surface area contributed by atoms with Crippen molar-refractivity contribution in [2.75, 3.05) is 132 Å². The number of carbonyl (C=O) groups excluding carboxylic acids is 8. The molecule has 0 aromatic heterocycles. The van der Waals surface area contributed by atoms with Crippen LogP contribution in [0.5, 0.6) is 0 Å². The number of β-amino-alcohol motifs (C(OH)–C–C–N with tert-alkyl or cyclic N) is 1. The Balaban J connectivity index is 1.28. The van der Waals surface area contributed by atoms with E-state index in [9.17, 15) is 89.4 Å². The van der Waals surface area contributed by atoms with E-state index in [-0.39, 0.29) is 190 Å². The summed E-state index contributed by atoms with van der Waals surface area (Å²) in [5.41, 5.74) is -1.14. The third-order valence-corrected chi connectivity index (χ3v) is 21.5. The number of aliphatic hydroxyl groups is 11. The maximum absolute atomic E-state index is 14.2. The molecule has 0 radical (unpaired) electrons. The molecule has 0 aliphatic carbocycles. The maximum atomic E-state index is 14.2. The first-order chi connectivity index (χ1) is 55.4. The predicted molar refractivity (Wildman–Crippen MR) is 418 cm³/mol. The Labute approximate surface area is 679 Å². The molecule has 0 bridgehead atoms. The number of hydrogen-bond acceptors (Lipinski definition) is 28. The predicted octanol–water partition coefficient (Wildman–Crippen LogP) is 0.221. The number of ketones is 1. The fourth-order valence-electron chi connectivity index (χ4n) is 14.2. The first-order valence-electron chi connectivity index (χ1n) is 42.5. The maximum Gasteiger partial charge on any atom is 0.222 e. The number of likely N-dealkylation sites (tertiary alicyclic amines) is 1. The second-order valence-electron chi connectivity index (χ2n) is 31.5. The van der Waals surface area contributed by atoms with Crippen molar-refractivity contribution in [2.24, 2.45) is 23.2 Å². The molecule has 4 aliphatic heterocycles. The number of hydrogen-bond donors (Lipinski definition) is 17. The third-order valence-electron chi connectivity index (χ3n) is 21.5. The summed E-state index contributed by atoms with van der Waals surface area (Å²) in [5, 5.41) is 126. The number of Topliss-reactive ketones (excluding diaryl/α,β-unsaturated/α-hetero) is 1. The fraction of sp³-hybridized carbons (Fsp3) is 0.900. The lowest BCUT2D eigenvalue weighted by atomic mass is 9.84. The van der Waals surface area contributed by atoms with Crippen molar-refractivity contribution in [2.45, 2.75) is 306 Å². The van der Waals surface area contributed by atoms with Crippen molar-refractivity contribution >= 4 is 47.1 Å². The van der Waals surface area contributed by atoms with Gasteiger partial charge in [0, 0.05) is 159 Å². The molecule has 4 fully saturated rings. The summed E-state index contributed by atoms with van der Waals surface area (Å²) in [5.74, 6) is -3.11. The summed E-state index contributed by atoms with van der Waals surface area (Å²) in [6, 6.07) is 0.0368. The van der Waals surface area contributed by atoms with Crippen LogP contribution >= 0.6 is 0 Å². The molecule has 7 amide bonds. The van der Waals surface area contributed by atoms with Crippen LogP contribution in [0, 0.1) is 23.2 Å². The van der Waals surface area contributed by atoms with Crippen LogP contribution < -0.4 is 31.9 Å². The zero-order valence-corrected chi connectivity index (χ0v) is 68.7. The third kappa shape index (κ3) is 41.8. The van der Waals surface area contributed by atoms with Gasteiger partial charge in [-0.3, -0.25) is 38.4 Å². The summed E-state index contributed by atoms with van der Waals surface area (Å²) >= 11 is 0. The molecule has 115 heavy (non-hydrogen) atoms. The number of nitrogens with zero attached hydrogens (tertiary/aromatic N) is 1. The number of unbranched alkanes of at least 4 members (excludes halogenated alkanes) is 12. The molecule has 4 rings (SSSR count). The molecular formula is C80H145N7O28. The Bertz CT molecular complexity index is 2470. The Morgan fingerprint density at radius 3 is 1.02 bits per heavy atom. The van der Waals surface area contributed by atoms with E-state index in [1.165, 1.54) is 0 Å². The second kappa shape index (κ2) is 60.6. The van der Waals surface area contributed by atoms with Gasteiger partial charge in [0.05, 0.1) is 83.9 Å². The van der Waals surface area contributed by atoms with E-state index in [2.05, 4.69) is 31.9 Å². The lowest BCUT2D eigenvalue weighted by molar-refractivity contribution is -0.282. The molecule has 0 saturated carbocycles. The highest BCUT2D eigenvalue weighted by Gasteiger charge is 2.45. The molecule has 668 valence electrons. The normalized spacial score (nSPS) is 26.1. The summed E-state index contributed by atoms with van der Waals surface area (Å²) in [7, 11) is 0. The Kier molecular flexibility index (Phi) is 54.0. The molecule has 0 aromatic rings. The second-order valence-corrected chi connectivity index (χ2v) is 31.5. The largest absolute Gasteiger partial charge is 0.396 e. The van der Waals surface area contributed by atoms with Crippen LogP contribution in [-0.2, 0) is 81.0 Å². The van der Waals surface area contributed by atoms with Crippen molar-refractivity contribution in [1.29, 1.82) is 0 Å². The number of carbonyl (C=O) groups is 8. The molecule has 4 saturated heterocycles. The first-order valence-corrected chi connectivity index (χ1v) is 42.5. The highest BCUT2D eigenvalue weighted by molar-refractivity contribution is 5.80. The van der Waals surface area contributed by atoms with Gasteiger partial charge in [-0.2, -0.15) is 0 Å². The van der Waals surface area contributed by atoms with Crippen LogP contribution in [0.2, 0.25) is 0 Å². The van der Waals surface area contributed by atoms with Crippen LogP contribution in [0.1, 0.15) is 220 Å². The molecule has 17 N–H and O–H groups in total. The topological polar surface area (TPSA) is 518 Å². The van der Waals surface area contributed by atoms with Crippen LogP contribution in [-0.4, -0.2) is 326 Å². The first kappa shape index (κ1) is 103. The van der Waals surface area contributed by atoms with E-state index >= 15 is 0 Å². The molecule has 17 atom stereocenters. The van der Waals surface area contributed by atoms with E-state index in [4.69, 9.17) is 47.7 Å². The zero-order chi connectivity index (χ0) is 84.2. The highest BCUT2D eigenvalue weighted by Crippen LogP contribution is 2.32. The number of rotatable bonds is 66.